The lowest BCUT2D eigenvalue weighted by Gasteiger charge is -2.08. The lowest BCUT2D eigenvalue weighted by atomic mass is 10.3. The molecule has 6 heteroatoms. The van der Waals surface area contributed by atoms with Crippen molar-refractivity contribution in [3.8, 4) is 11.5 Å². The van der Waals surface area contributed by atoms with E-state index in [9.17, 15) is 9.59 Å². The van der Waals surface area contributed by atoms with Crippen LogP contribution in [0.15, 0.2) is 72.1 Å². The summed E-state index contributed by atoms with van der Waals surface area (Å²) < 4.78 is 10.7. The number of para-hydroxylation sites is 1. The highest BCUT2D eigenvalue weighted by Crippen LogP contribution is 2.22. The molecule has 27 heavy (non-hydrogen) atoms. The molecular weight excluding hydrogens is 362 g/mol. The van der Waals surface area contributed by atoms with Gasteiger partial charge in [0.2, 0.25) is 0 Å². The van der Waals surface area contributed by atoms with Crippen molar-refractivity contribution in [2.24, 2.45) is 0 Å². The minimum atomic E-state index is -0.384. The Morgan fingerprint density at radius 3 is 2.33 bits per heavy atom. The molecule has 5 nitrogen and oxygen atoms in total. The molecule has 0 radical (unpaired) electrons. The number of amides is 1. The molecule has 0 saturated carbocycles. The van der Waals surface area contributed by atoms with Crippen molar-refractivity contribution in [3.63, 3.8) is 0 Å². The molecule has 3 rings (SSSR count). The second kappa shape index (κ2) is 9.54. The van der Waals surface area contributed by atoms with Gasteiger partial charge in [-0.1, -0.05) is 24.3 Å². The molecule has 2 aromatic carbocycles. The lowest BCUT2D eigenvalue weighted by molar-refractivity contribution is -0.147. The topological polar surface area (TPSA) is 64.6 Å². The van der Waals surface area contributed by atoms with Crippen LogP contribution in [0.25, 0.3) is 0 Å². The molecule has 0 aliphatic rings. The lowest BCUT2D eigenvalue weighted by Crippen LogP contribution is -2.20. The van der Waals surface area contributed by atoms with E-state index in [2.05, 4.69) is 5.32 Å². The Balaban J connectivity index is 1.40. The first-order valence-corrected chi connectivity index (χ1v) is 9.38. The molecule has 1 aromatic heterocycles. The van der Waals surface area contributed by atoms with Crippen LogP contribution in [0.4, 0.5) is 5.69 Å². The van der Waals surface area contributed by atoms with Crippen molar-refractivity contribution in [1.29, 1.82) is 0 Å². The SMILES string of the molecule is O=C(COC(=O)CCc1cccs1)Nc1ccc(Oc2ccccc2)cc1. The fraction of sp³-hybridized carbons (Fsp3) is 0.143. The van der Waals surface area contributed by atoms with Crippen LogP contribution in [0.1, 0.15) is 11.3 Å². The van der Waals surface area contributed by atoms with Gasteiger partial charge in [-0.25, -0.2) is 0 Å². The van der Waals surface area contributed by atoms with Crippen molar-refractivity contribution < 1.29 is 19.1 Å². The van der Waals surface area contributed by atoms with Gasteiger partial charge in [-0.2, -0.15) is 0 Å². The van der Waals surface area contributed by atoms with E-state index in [1.165, 1.54) is 0 Å². The average molecular weight is 381 g/mol. The van der Waals surface area contributed by atoms with Crippen molar-refractivity contribution in [3.05, 3.63) is 77.0 Å². The number of esters is 1. The second-order valence-electron chi connectivity index (χ2n) is 5.73. The van der Waals surface area contributed by atoms with E-state index in [0.717, 1.165) is 10.6 Å². The first-order valence-electron chi connectivity index (χ1n) is 8.50. The molecule has 0 unspecified atom stereocenters. The highest BCUT2D eigenvalue weighted by atomic mass is 32.1. The summed E-state index contributed by atoms with van der Waals surface area (Å²) in [5, 5.41) is 4.65. The maximum atomic E-state index is 11.9. The van der Waals surface area contributed by atoms with Crippen LogP contribution in [-0.4, -0.2) is 18.5 Å². The number of hydrogen-bond acceptors (Lipinski definition) is 5. The van der Waals surface area contributed by atoms with Crippen molar-refractivity contribution in [2.75, 3.05) is 11.9 Å². The summed E-state index contributed by atoms with van der Waals surface area (Å²) in [6, 6.07) is 20.3. The third kappa shape index (κ3) is 6.27. The van der Waals surface area contributed by atoms with Crippen LogP contribution in [0, 0.1) is 0 Å². The Morgan fingerprint density at radius 1 is 0.889 bits per heavy atom. The second-order valence-corrected chi connectivity index (χ2v) is 6.76. The molecule has 0 spiro atoms. The number of nitrogens with one attached hydrogen (secondary N) is 1. The summed E-state index contributed by atoms with van der Waals surface area (Å²) in [7, 11) is 0. The van der Waals surface area contributed by atoms with Gasteiger partial charge < -0.3 is 14.8 Å². The Labute approximate surface area is 161 Å². The number of aryl methyl sites for hydroxylation is 1. The molecule has 3 aromatic rings. The summed E-state index contributed by atoms with van der Waals surface area (Å²) in [4.78, 5) is 24.7. The minimum Gasteiger partial charge on any atom is -0.457 e. The molecule has 1 heterocycles. The number of carbonyl (C=O) groups excluding carboxylic acids is 2. The monoisotopic (exact) mass is 381 g/mol. The van der Waals surface area contributed by atoms with Crippen LogP contribution in [0.3, 0.4) is 0 Å². The fourth-order valence-electron chi connectivity index (χ4n) is 2.33. The van der Waals surface area contributed by atoms with E-state index in [0.29, 0.717) is 17.9 Å². The van der Waals surface area contributed by atoms with Gasteiger partial charge in [-0.05, 0) is 54.3 Å². The fourth-order valence-corrected chi connectivity index (χ4v) is 3.04. The highest BCUT2D eigenvalue weighted by molar-refractivity contribution is 7.09. The third-order valence-electron chi connectivity index (χ3n) is 3.64. The van der Waals surface area contributed by atoms with Gasteiger partial charge in [0.1, 0.15) is 11.5 Å². The molecular formula is C21H19NO4S. The molecule has 138 valence electrons. The smallest absolute Gasteiger partial charge is 0.306 e. The normalized spacial score (nSPS) is 10.2. The van der Waals surface area contributed by atoms with Crippen LogP contribution in [0.2, 0.25) is 0 Å². The van der Waals surface area contributed by atoms with Gasteiger partial charge in [-0.3, -0.25) is 9.59 Å². The van der Waals surface area contributed by atoms with Crippen LogP contribution in [-0.2, 0) is 20.7 Å². The van der Waals surface area contributed by atoms with Gasteiger partial charge in [0, 0.05) is 10.6 Å². The summed E-state index contributed by atoms with van der Waals surface area (Å²) in [6.07, 6.45) is 0.889. The van der Waals surface area contributed by atoms with Crippen molar-refractivity contribution >= 4 is 28.9 Å². The molecule has 0 bridgehead atoms. The molecule has 1 amide bonds. The number of ether oxygens (including phenoxy) is 2. The number of anilines is 1. The first kappa shape index (κ1) is 18.7. The van der Waals surface area contributed by atoms with Gasteiger partial charge >= 0.3 is 5.97 Å². The Bertz CT molecular complexity index is 861. The van der Waals surface area contributed by atoms with Crippen LogP contribution in [0.5, 0.6) is 11.5 Å². The zero-order valence-corrected chi connectivity index (χ0v) is 15.4. The number of carbonyl (C=O) groups is 2. The van der Waals surface area contributed by atoms with Gasteiger partial charge in [0.15, 0.2) is 6.61 Å². The van der Waals surface area contributed by atoms with Gasteiger partial charge in [0.05, 0.1) is 6.42 Å². The summed E-state index contributed by atoms with van der Waals surface area (Å²) in [5.74, 6) is 0.643. The largest absolute Gasteiger partial charge is 0.457 e. The third-order valence-corrected chi connectivity index (χ3v) is 4.57. The van der Waals surface area contributed by atoms with Crippen LogP contribution < -0.4 is 10.1 Å². The molecule has 0 aliphatic heterocycles. The predicted molar refractivity (Wildman–Crippen MR) is 105 cm³/mol. The number of rotatable bonds is 8. The number of benzene rings is 2. The zero-order valence-electron chi connectivity index (χ0n) is 14.6. The van der Waals surface area contributed by atoms with Crippen molar-refractivity contribution in [2.45, 2.75) is 12.8 Å². The zero-order chi connectivity index (χ0) is 18.9. The maximum Gasteiger partial charge on any atom is 0.306 e. The number of hydrogen-bond donors (Lipinski definition) is 1. The minimum absolute atomic E-state index is 0.263. The van der Waals surface area contributed by atoms with Gasteiger partial charge in [-0.15, -0.1) is 11.3 Å². The quantitative estimate of drug-likeness (QED) is 0.577. The summed E-state index contributed by atoms with van der Waals surface area (Å²) in [5.41, 5.74) is 0.607. The summed E-state index contributed by atoms with van der Waals surface area (Å²) in [6.45, 7) is -0.300. The van der Waals surface area contributed by atoms with E-state index in [1.54, 1.807) is 35.6 Å². The maximum absolute atomic E-state index is 11.9. The van der Waals surface area contributed by atoms with E-state index < -0.39 is 0 Å². The van der Waals surface area contributed by atoms with Crippen molar-refractivity contribution in [1.82, 2.24) is 0 Å². The van der Waals surface area contributed by atoms with E-state index >= 15 is 0 Å². The molecule has 1 N–H and O–H groups in total. The molecule has 0 saturated heterocycles. The summed E-state index contributed by atoms with van der Waals surface area (Å²) >= 11 is 1.60. The Morgan fingerprint density at radius 2 is 1.63 bits per heavy atom. The Kier molecular flexibility index (Phi) is 6.60. The Hall–Kier alpha value is -3.12. The highest BCUT2D eigenvalue weighted by Gasteiger charge is 2.09. The number of thiophene rings is 1. The first-order chi connectivity index (χ1) is 13.2. The molecule has 0 aliphatic carbocycles. The molecule has 0 atom stereocenters. The van der Waals surface area contributed by atoms with Gasteiger partial charge in [0.25, 0.3) is 5.91 Å². The van der Waals surface area contributed by atoms with E-state index in [4.69, 9.17) is 9.47 Å². The van der Waals surface area contributed by atoms with Crippen LogP contribution >= 0.6 is 11.3 Å². The molecule has 0 fully saturated rings. The predicted octanol–water partition coefficient (Wildman–Crippen LogP) is 4.65. The average Bonchev–Trinajstić information content (AvgIpc) is 3.21. The van der Waals surface area contributed by atoms with E-state index in [-0.39, 0.29) is 24.9 Å². The van der Waals surface area contributed by atoms with E-state index in [1.807, 2.05) is 47.8 Å². The standard InChI is InChI=1S/C21H19NO4S/c23-20(15-25-21(24)13-12-19-7-4-14-27-19)22-16-8-10-18(11-9-16)26-17-5-2-1-3-6-17/h1-11,14H,12-13,15H2,(H,22,23).